The van der Waals surface area contributed by atoms with Crippen molar-refractivity contribution < 1.29 is 13.6 Å². The van der Waals surface area contributed by atoms with Gasteiger partial charge in [0.2, 0.25) is 0 Å². The van der Waals surface area contributed by atoms with E-state index in [1.165, 1.54) is 32.1 Å². The summed E-state index contributed by atoms with van der Waals surface area (Å²) in [5.41, 5.74) is 0. The average molecular weight is 244 g/mol. The van der Waals surface area contributed by atoms with Crippen LogP contribution in [0, 0.1) is 5.92 Å². The van der Waals surface area contributed by atoms with Gasteiger partial charge in [-0.25, -0.2) is 0 Å². The fraction of sp³-hybridized carbons (Fsp3) is 1.00. The molecule has 0 aromatic rings. The highest BCUT2D eigenvalue weighted by molar-refractivity contribution is 6.65. The van der Waals surface area contributed by atoms with Gasteiger partial charge in [-0.3, -0.25) is 0 Å². The van der Waals surface area contributed by atoms with E-state index < -0.39 is 8.56 Å². The predicted octanol–water partition coefficient (Wildman–Crippen LogP) is 2.70. The zero-order valence-corrected chi connectivity index (χ0v) is 11.7. The van der Waals surface area contributed by atoms with Gasteiger partial charge in [-0.15, -0.1) is 0 Å². The highest BCUT2D eigenvalue weighted by Crippen LogP contribution is 2.41. The minimum atomic E-state index is -1.82. The number of fused-ring (bicyclic) bond motifs is 1. The summed E-state index contributed by atoms with van der Waals surface area (Å²) >= 11 is 0. The molecule has 2 fully saturated rings. The Kier molecular flexibility index (Phi) is 4.05. The Morgan fingerprint density at radius 2 is 1.94 bits per heavy atom. The molecule has 0 aromatic carbocycles. The van der Waals surface area contributed by atoms with Crippen molar-refractivity contribution in [1.29, 1.82) is 0 Å². The summed E-state index contributed by atoms with van der Waals surface area (Å²) in [4.78, 5) is 0. The van der Waals surface area contributed by atoms with E-state index in [4.69, 9.17) is 13.6 Å². The van der Waals surface area contributed by atoms with E-state index in [0.29, 0.717) is 12.2 Å². The second kappa shape index (κ2) is 5.17. The number of hydrogen-bond donors (Lipinski definition) is 0. The third-order valence-electron chi connectivity index (χ3n) is 4.22. The van der Waals surface area contributed by atoms with Crippen molar-refractivity contribution in [2.75, 3.05) is 14.2 Å². The summed E-state index contributed by atoms with van der Waals surface area (Å²) in [6.45, 7) is 2.15. The van der Waals surface area contributed by atoms with E-state index >= 15 is 0 Å². The van der Waals surface area contributed by atoms with Gasteiger partial charge in [0.15, 0.2) is 0 Å². The summed E-state index contributed by atoms with van der Waals surface area (Å²) in [5, 5.41) is 0. The molecule has 0 bridgehead atoms. The van der Waals surface area contributed by atoms with Crippen LogP contribution in [0.2, 0.25) is 12.6 Å². The molecule has 1 saturated heterocycles. The molecule has 3 atom stereocenters. The molecular formula is C12H24O3Si. The van der Waals surface area contributed by atoms with Gasteiger partial charge >= 0.3 is 8.56 Å². The molecule has 0 amide bonds. The van der Waals surface area contributed by atoms with Gasteiger partial charge in [-0.2, -0.15) is 0 Å². The Bertz CT molecular complexity index is 230. The van der Waals surface area contributed by atoms with Gasteiger partial charge in [0, 0.05) is 14.2 Å². The minimum Gasteiger partial charge on any atom is -0.398 e. The maximum atomic E-state index is 5.56. The Morgan fingerprint density at radius 3 is 2.56 bits per heavy atom. The molecule has 4 heteroatoms. The van der Waals surface area contributed by atoms with Crippen molar-refractivity contribution in [2.24, 2.45) is 5.92 Å². The van der Waals surface area contributed by atoms with Crippen LogP contribution in [0.4, 0.5) is 0 Å². The molecule has 2 aliphatic rings. The third-order valence-corrected chi connectivity index (χ3v) is 7.21. The number of ether oxygens (including phenoxy) is 1. The lowest BCUT2D eigenvalue weighted by Gasteiger charge is -2.24. The fourth-order valence-electron chi connectivity index (χ4n) is 2.75. The summed E-state index contributed by atoms with van der Waals surface area (Å²) in [7, 11) is 1.73. The quantitative estimate of drug-likeness (QED) is 0.532. The minimum absolute atomic E-state index is 0.618. The van der Waals surface area contributed by atoms with Crippen LogP contribution in [-0.2, 0) is 13.6 Å². The van der Waals surface area contributed by atoms with Crippen molar-refractivity contribution in [3.8, 4) is 0 Å². The van der Waals surface area contributed by atoms with Gasteiger partial charge in [-0.05, 0) is 37.8 Å². The number of epoxide rings is 1. The standard InChI is InChI=1S/C12H24O3Si/c1-13-16(3,14-2)8-4-5-10-6-7-11-12(9-10)15-11/h10-12H,4-9H2,1-3H3. The average Bonchev–Trinajstić information content (AvgIpc) is 3.07. The molecule has 2 rings (SSSR count). The molecule has 1 saturated carbocycles. The first-order valence-electron chi connectivity index (χ1n) is 6.42. The second-order valence-corrected chi connectivity index (χ2v) is 8.91. The van der Waals surface area contributed by atoms with Crippen molar-refractivity contribution in [2.45, 2.75) is 56.9 Å². The highest BCUT2D eigenvalue weighted by atomic mass is 28.4. The highest BCUT2D eigenvalue weighted by Gasteiger charge is 2.43. The molecule has 0 N–H and O–H groups in total. The van der Waals surface area contributed by atoms with E-state index in [1.807, 2.05) is 0 Å². The molecular weight excluding hydrogens is 220 g/mol. The molecule has 16 heavy (non-hydrogen) atoms. The molecule has 1 aliphatic carbocycles. The maximum absolute atomic E-state index is 5.56. The number of rotatable bonds is 6. The zero-order chi connectivity index (χ0) is 11.6. The molecule has 1 heterocycles. The van der Waals surface area contributed by atoms with Crippen molar-refractivity contribution >= 4 is 8.56 Å². The van der Waals surface area contributed by atoms with Gasteiger partial charge < -0.3 is 13.6 Å². The number of hydrogen-bond acceptors (Lipinski definition) is 3. The molecule has 3 nitrogen and oxygen atoms in total. The molecule has 3 unspecified atom stereocenters. The van der Waals surface area contributed by atoms with E-state index in [0.717, 1.165) is 12.0 Å². The first kappa shape index (κ1) is 12.6. The Morgan fingerprint density at radius 1 is 1.19 bits per heavy atom. The van der Waals surface area contributed by atoms with Gasteiger partial charge in [0.05, 0.1) is 12.2 Å². The monoisotopic (exact) mass is 244 g/mol. The van der Waals surface area contributed by atoms with Crippen LogP contribution in [0.1, 0.15) is 32.1 Å². The van der Waals surface area contributed by atoms with Crippen LogP contribution in [0.25, 0.3) is 0 Å². The summed E-state index contributed by atoms with van der Waals surface area (Å²) in [5.74, 6) is 0.885. The Labute approximate surface area is 99.7 Å². The Hall–Kier alpha value is 0.0969. The Balaban J connectivity index is 1.63. The smallest absolute Gasteiger partial charge is 0.334 e. The molecule has 0 aromatic heterocycles. The van der Waals surface area contributed by atoms with Crippen LogP contribution in [0.15, 0.2) is 0 Å². The van der Waals surface area contributed by atoms with Crippen LogP contribution in [0.5, 0.6) is 0 Å². The lowest BCUT2D eigenvalue weighted by Crippen LogP contribution is -2.35. The van der Waals surface area contributed by atoms with Crippen molar-refractivity contribution in [1.82, 2.24) is 0 Å². The molecule has 1 aliphatic heterocycles. The first-order chi connectivity index (χ1) is 7.67. The van der Waals surface area contributed by atoms with Crippen molar-refractivity contribution in [3.63, 3.8) is 0 Å². The normalized spacial score (nSPS) is 33.6. The van der Waals surface area contributed by atoms with E-state index in [9.17, 15) is 0 Å². The fourth-order valence-corrected chi connectivity index (χ4v) is 4.17. The SMILES string of the molecule is CO[Si](C)(CCCC1CCC2OC2C1)OC. The second-order valence-electron chi connectivity index (χ2n) is 5.33. The topological polar surface area (TPSA) is 31.0 Å². The lowest BCUT2D eigenvalue weighted by molar-refractivity contribution is 0.246. The van der Waals surface area contributed by atoms with E-state index in [2.05, 4.69) is 6.55 Å². The van der Waals surface area contributed by atoms with Gasteiger partial charge in [0.25, 0.3) is 0 Å². The first-order valence-corrected chi connectivity index (χ1v) is 8.95. The lowest BCUT2D eigenvalue weighted by atomic mass is 9.86. The molecule has 0 radical (unpaired) electrons. The van der Waals surface area contributed by atoms with E-state index in [-0.39, 0.29) is 0 Å². The largest absolute Gasteiger partial charge is 0.398 e. The summed E-state index contributed by atoms with van der Waals surface area (Å²) in [6, 6.07) is 1.12. The summed E-state index contributed by atoms with van der Waals surface area (Å²) in [6.07, 6.45) is 7.76. The maximum Gasteiger partial charge on any atom is 0.334 e. The molecule has 0 spiro atoms. The van der Waals surface area contributed by atoms with Crippen LogP contribution in [0.3, 0.4) is 0 Å². The third kappa shape index (κ3) is 3.06. The van der Waals surface area contributed by atoms with Gasteiger partial charge in [-0.1, -0.05) is 12.8 Å². The molecule has 94 valence electrons. The van der Waals surface area contributed by atoms with Crippen molar-refractivity contribution in [3.05, 3.63) is 0 Å². The summed E-state index contributed by atoms with van der Waals surface area (Å²) < 4.78 is 16.6. The van der Waals surface area contributed by atoms with Crippen LogP contribution in [-0.4, -0.2) is 35.0 Å². The van der Waals surface area contributed by atoms with Gasteiger partial charge in [0.1, 0.15) is 0 Å². The zero-order valence-electron chi connectivity index (χ0n) is 10.7. The predicted molar refractivity (Wildman–Crippen MR) is 65.7 cm³/mol. The van der Waals surface area contributed by atoms with Crippen LogP contribution < -0.4 is 0 Å². The van der Waals surface area contributed by atoms with E-state index in [1.54, 1.807) is 14.2 Å². The van der Waals surface area contributed by atoms with Crippen LogP contribution >= 0.6 is 0 Å².